The Morgan fingerprint density at radius 3 is 2.20 bits per heavy atom. The number of nitrogens with zero attached hydrogens (tertiary/aromatic N) is 2. The van der Waals surface area contributed by atoms with E-state index >= 15 is 0 Å². The molecule has 2 amide bonds. The first-order chi connectivity index (χ1) is 21.0. The van der Waals surface area contributed by atoms with Crippen LogP contribution in [0.3, 0.4) is 0 Å². The minimum atomic E-state index is -1.00. The second kappa shape index (κ2) is 21.5. The Hall–Kier alpha value is -4.16. The number of urea groups is 1. The van der Waals surface area contributed by atoms with Gasteiger partial charge in [-0.05, 0) is 55.0 Å². The number of nitrogens with two attached hydrogens (primary N) is 3. The van der Waals surface area contributed by atoms with E-state index in [-0.39, 0.29) is 12.0 Å². The summed E-state index contributed by atoms with van der Waals surface area (Å²) in [5.41, 5.74) is 19.0. The van der Waals surface area contributed by atoms with Crippen molar-refractivity contribution in [2.45, 2.75) is 77.4 Å². The average Bonchev–Trinajstić information content (AvgIpc) is 3.00. The molecule has 0 bridgehead atoms. The molecule has 0 aliphatic carbocycles. The van der Waals surface area contributed by atoms with Gasteiger partial charge in [0.1, 0.15) is 6.04 Å². The molecule has 0 fully saturated rings. The Balaban J connectivity index is 0.000000681. The molecule has 0 aliphatic rings. The molecule has 12 heteroatoms. The third-order valence-electron chi connectivity index (χ3n) is 6.73. The average molecular weight is 615 g/mol. The molecule has 0 saturated heterocycles. The lowest BCUT2D eigenvalue weighted by Crippen LogP contribution is -2.37. The number of nitrogens with one attached hydrogen (secondary N) is 1. The molecular weight excluding hydrogens is 564 g/mol. The number of anilines is 1. The quantitative estimate of drug-likeness (QED) is 0.0815. The minimum Gasteiger partial charge on any atom is -0.480 e. The second-order valence-electron chi connectivity index (χ2n) is 10.3. The smallest absolute Gasteiger partial charge is 0.333 e. The van der Waals surface area contributed by atoms with Crippen molar-refractivity contribution in [3.05, 3.63) is 54.1 Å². The Kier molecular flexibility index (Phi) is 18.5. The molecule has 0 aromatic heterocycles. The van der Waals surface area contributed by atoms with Gasteiger partial charge in [0, 0.05) is 38.9 Å². The summed E-state index contributed by atoms with van der Waals surface area (Å²) >= 11 is 0. The highest BCUT2D eigenvalue weighted by Gasteiger charge is 2.18. The number of rotatable bonds is 18. The number of benzene rings is 2. The molecule has 0 unspecified atom stereocenters. The molecule has 12 nitrogen and oxygen atoms in total. The number of guanidine groups is 1. The lowest BCUT2D eigenvalue weighted by Gasteiger charge is -2.19. The zero-order valence-corrected chi connectivity index (χ0v) is 26.2. The second-order valence-corrected chi connectivity index (χ2v) is 10.3. The van der Waals surface area contributed by atoms with E-state index in [9.17, 15) is 19.5 Å². The van der Waals surface area contributed by atoms with E-state index in [2.05, 4.69) is 17.2 Å². The first-order valence-corrected chi connectivity index (χ1v) is 15.1. The highest BCUT2D eigenvalue weighted by molar-refractivity contribution is 5.92. The third-order valence-corrected chi connectivity index (χ3v) is 6.73. The van der Waals surface area contributed by atoms with Gasteiger partial charge in [-0.2, -0.15) is 0 Å². The van der Waals surface area contributed by atoms with Gasteiger partial charge >= 0.3 is 18.0 Å². The zero-order valence-electron chi connectivity index (χ0n) is 26.2. The van der Waals surface area contributed by atoms with Crippen molar-refractivity contribution in [1.82, 2.24) is 5.32 Å². The fourth-order valence-corrected chi connectivity index (χ4v) is 4.16. The Bertz CT molecular complexity index is 1170. The molecule has 244 valence electrons. The Labute approximate surface area is 260 Å². The van der Waals surface area contributed by atoms with Gasteiger partial charge in [-0.25, -0.2) is 9.59 Å². The molecule has 2 aromatic rings. The van der Waals surface area contributed by atoms with Crippen LogP contribution in [0.2, 0.25) is 0 Å². The largest absolute Gasteiger partial charge is 0.480 e. The molecule has 9 N–H and O–H groups in total. The monoisotopic (exact) mass is 614 g/mol. The maximum atomic E-state index is 12.5. The van der Waals surface area contributed by atoms with Crippen LogP contribution in [0.5, 0.6) is 0 Å². The number of aliphatic imine (C=N–C) groups is 1. The number of hydrogen-bond donors (Lipinski definition) is 6. The van der Waals surface area contributed by atoms with Gasteiger partial charge < -0.3 is 37.5 Å². The standard InChI is InChI=1S/C26H36N2O4.C6H14N4O2/c1-4-6-7-8-9-17-27-26(31)28(3)23-12-10-11-22(19-23)21-15-13-20(14-16-21)18-24(25(29)30)32-5-2;7-4(5(11)12)2-1-3-10-6(8)9/h10-16,19,24H,4-9,17-18H2,1-3H3,(H,27,31)(H,29,30);4H,1-3,7H2,(H,11,12)(H4,8,9,10)/t24-;4-/m00/s1. The fraction of sp³-hybridized carbons (Fsp3) is 0.500. The molecule has 2 aromatic carbocycles. The molecule has 0 radical (unpaired) electrons. The summed E-state index contributed by atoms with van der Waals surface area (Å²) in [7, 11) is 1.77. The van der Waals surface area contributed by atoms with Crippen LogP contribution in [-0.4, -0.2) is 73.0 Å². The number of carboxylic acids is 2. The summed E-state index contributed by atoms with van der Waals surface area (Å²) in [6.45, 7) is 5.45. The summed E-state index contributed by atoms with van der Waals surface area (Å²) in [6, 6.07) is 14.7. The van der Waals surface area contributed by atoms with Crippen LogP contribution in [0, 0.1) is 0 Å². The third kappa shape index (κ3) is 15.4. The first kappa shape index (κ1) is 37.9. The topological polar surface area (TPSA) is 207 Å². The number of unbranched alkanes of at least 4 members (excludes halogenated alkanes) is 4. The van der Waals surface area contributed by atoms with Crippen molar-refractivity contribution in [3.63, 3.8) is 0 Å². The SMILES string of the molecule is CCCCCCCNC(=O)N(C)c1cccc(-c2ccc(C[C@H](OCC)C(=O)O)cc2)c1.NC(N)=NCCC[C@H](N)C(=O)O. The summed E-state index contributed by atoms with van der Waals surface area (Å²) in [6.07, 6.45) is 6.25. The minimum absolute atomic E-state index is 0.0129. The molecule has 0 spiro atoms. The van der Waals surface area contributed by atoms with Crippen LogP contribution >= 0.6 is 0 Å². The fourth-order valence-electron chi connectivity index (χ4n) is 4.16. The van der Waals surface area contributed by atoms with Crippen molar-refractivity contribution in [3.8, 4) is 11.1 Å². The summed E-state index contributed by atoms with van der Waals surface area (Å²) in [5, 5.41) is 20.6. The van der Waals surface area contributed by atoms with Gasteiger partial charge in [0.25, 0.3) is 0 Å². The predicted octanol–water partition coefficient (Wildman–Crippen LogP) is 3.95. The molecular formula is C32H50N6O6. The normalized spacial score (nSPS) is 11.8. The Morgan fingerprint density at radius 2 is 1.61 bits per heavy atom. The number of aliphatic carboxylic acids is 2. The first-order valence-electron chi connectivity index (χ1n) is 15.1. The molecule has 2 rings (SSSR count). The molecule has 0 saturated carbocycles. The van der Waals surface area contributed by atoms with Crippen molar-refractivity contribution in [2.24, 2.45) is 22.2 Å². The van der Waals surface area contributed by atoms with E-state index in [4.69, 9.17) is 27.0 Å². The van der Waals surface area contributed by atoms with Crippen molar-refractivity contribution in [1.29, 1.82) is 0 Å². The predicted molar refractivity (Wildman–Crippen MR) is 175 cm³/mol. The van der Waals surface area contributed by atoms with Gasteiger partial charge in [0.15, 0.2) is 12.1 Å². The Morgan fingerprint density at radius 1 is 0.932 bits per heavy atom. The summed E-state index contributed by atoms with van der Waals surface area (Å²) in [5.74, 6) is -1.94. The van der Waals surface area contributed by atoms with Crippen molar-refractivity contribution >= 4 is 29.6 Å². The van der Waals surface area contributed by atoms with Crippen LogP contribution in [0.15, 0.2) is 53.5 Å². The van der Waals surface area contributed by atoms with Gasteiger partial charge in [-0.15, -0.1) is 0 Å². The van der Waals surface area contributed by atoms with E-state index in [0.717, 1.165) is 35.2 Å². The van der Waals surface area contributed by atoms with Crippen LogP contribution in [0.25, 0.3) is 11.1 Å². The highest BCUT2D eigenvalue weighted by Crippen LogP contribution is 2.25. The van der Waals surface area contributed by atoms with Crippen LogP contribution in [0.4, 0.5) is 10.5 Å². The lowest BCUT2D eigenvalue weighted by atomic mass is 10.0. The maximum Gasteiger partial charge on any atom is 0.333 e. The van der Waals surface area contributed by atoms with Gasteiger partial charge in [-0.1, -0.05) is 69.0 Å². The summed E-state index contributed by atoms with van der Waals surface area (Å²) in [4.78, 5) is 39.3. The van der Waals surface area contributed by atoms with Crippen LogP contribution < -0.4 is 27.4 Å². The number of carbonyl (C=O) groups is 3. The lowest BCUT2D eigenvalue weighted by molar-refractivity contribution is -0.150. The molecule has 2 atom stereocenters. The molecule has 44 heavy (non-hydrogen) atoms. The van der Waals surface area contributed by atoms with E-state index in [0.29, 0.717) is 39.0 Å². The zero-order chi connectivity index (χ0) is 32.9. The molecule has 0 aliphatic heterocycles. The van der Waals surface area contributed by atoms with Gasteiger partial charge in [0.2, 0.25) is 0 Å². The van der Waals surface area contributed by atoms with Gasteiger partial charge in [-0.3, -0.25) is 14.7 Å². The van der Waals surface area contributed by atoms with E-state index < -0.39 is 24.1 Å². The van der Waals surface area contributed by atoms with E-state index in [1.165, 1.54) is 19.3 Å². The van der Waals surface area contributed by atoms with Crippen molar-refractivity contribution in [2.75, 3.05) is 31.6 Å². The number of ether oxygens (including phenoxy) is 1. The van der Waals surface area contributed by atoms with E-state index in [1.54, 1.807) is 18.9 Å². The number of hydrogen-bond acceptors (Lipinski definition) is 6. The highest BCUT2D eigenvalue weighted by atomic mass is 16.5. The number of carboxylic acid groups (broad SMARTS) is 2. The van der Waals surface area contributed by atoms with Gasteiger partial charge in [0.05, 0.1) is 0 Å². The number of carbonyl (C=O) groups excluding carboxylic acids is 1. The summed E-state index contributed by atoms with van der Waals surface area (Å²) < 4.78 is 5.30. The molecule has 0 heterocycles. The van der Waals surface area contributed by atoms with Crippen molar-refractivity contribution < 1.29 is 29.3 Å². The van der Waals surface area contributed by atoms with E-state index in [1.807, 2.05) is 48.5 Å². The van der Waals surface area contributed by atoms with Crippen LogP contribution in [0.1, 0.15) is 64.4 Å². The van der Waals surface area contributed by atoms with Crippen LogP contribution in [-0.2, 0) is 20.7 Å². The number of amides is 2. The maximum absolute atomic E-state index is 12.5.